The maximum atomic E-state index is 11.0. The Morgan fingerprint density at radius 1 is 0.605 bits per heavy atom. The summed E-state index contributed by atoms with van der Waals surface area (Å²) in [6.07, 6.45) is 7.25. The molecule has 0 aliphatic carbocycles. The highest BCUT2D eigenvalue weighted by molar-refractivity contribution is 5.72. The summed E-state index contributed by atoms with van der Waals surface area (Å²) in [7, 11) is 0. The van der Waals surface area contributed by atoms with E-state index in [9.17, 15) is 5.11 Å². The van der Waals surface area contributed by atoms with E-state index in [1.807, 2.05) is 12.1 Å². The predicted octanol–water partition coefficient (Wildman–Crippen LogP) is 8.55. The van der Waals surface area contributed by atoms with Crippen LogP contribution in [0.5, 0.6) is 11.5 Å². The minimum atomic E-state index is 0.0924. The van der Waals surface area contributed by atoms with Crippen molar-refractivity contribution < 1.29 is 9.84 Å². The van der Waals surface area contributed by atoms with Gasteiger partial charge in [-0.15, -0.1) is 0 Å². The smallest absolute Gasteiger partial charge is 0.167 e. The summed E-state index contributed by atoms with van der Waals surface area (Å²) in [4.78, 5) is 14.5. The summed E-state index contributed by atoms with van der Waals surface area (Å²) in [5, 5.41) is 11.0. The number of ether oxygens (including phenoxy) is 1. The summed E-state index contributed by atoms with van der Waals surface area (Å²) in [5.41, 5.74) is 7.00. The van der Waals surface area contributed by atoms with Crippen LogP contribution < -0.4 is 4.74 Å². The fourth-order valence-corrected chi connectivity index (χ4v) is 4.73. The molecule has 198 valence electrons. The number of aryl methyl sites for hydroxylation is 4. The Labute approximate surface area is 227 Å². The number of aromatic hydroxyl groups is 1. The molecule has 1 heterocycles. The highest BCUT2D eigenvalue weighted by Crippen LogP contribution is 2.34. The van der Waals surface area contributed by atoms with E-state index in [-0.39, 0.29) is 5.75 Å². The van der Waals surface area contributed by atoms with Crippen molar-refractivity contribution in [2.45, 2.75) is 73.1 Å². The number of aromatic nitrogens is 3. The third-order valence-electron chi connectivity index (χ3n) is 6.86. The van der Waals surface area contributed by atoms with Crippen LogP contribution in [0.2, 0.25) is 0 Å². The quantitative estimate of drug-likeness (QED) is 0.205. The van der Waals surface area contributed by atoms with E-state index >= 15 is 0 Å². The number of phenols is 1. The van der Waals surface area contributed by atoms with Gasteiger partial charge in [0, 0.05) is 17.2 Å². The van der Waals surface area contributed by atoms with Crippen LogP contribution in [0, 0.1) is 27.7 Å². The van der Waals surface area contributed by atoms with Crippen molar-refractivity contribution in [1.82, 2.24) is 15.0 Å². The lowest BCUT2D eigenvalue weighted by Gasteiger charge is -2.13. The first kappa shape index (κ1) is 27.3. The zero-order valence-electron chi connectivity index (χ0n) is 23.3. The molecule has 0 saturated carbocycles. The molecule has 0 amide bonds. The summed E-state index contributed by atoms with van der Waals surface area (Å²) >= 11 is 0. The van der Waals surface area contributed by atoms with Crippen LogP contribution in [0.4, 0.5) is 0 Å². The van der Waals surface area contributed by atoms with Crippen LogP contribution in [0.25, 0.3) is 34.2 Å². The number of hydrogen-bond donors (Lipinski definition) is 1. The van der Waals surface area contributed by atoms with Gasteiger partial charge < -0.3 is 9.84 Å². The standard InChI is InChI=1S/C33H39N3O2/c1-6-7-8-9-10-11-18-38-26-14-17-29(30(37)21-26)33-35-31(27-15-12-22(2)19-24(27)4)34-32(36-33)28-16-13-23(3)20-25(28)5/h12-17,19-21,37H,6-11,18H2,1-5H3. The minimum absolute atomic E-state index is 0.0924. The van der Waals surface area contributed by atoms with Crippen molar-refractivity contribution in [1.29, 1.82) is 0 Å². The molecule has 0 spiro atoms. The average molecular weight is 510 g/mol. The maximum absolute atomic E-state index is 11.0. The Bertz CT molecular complexity index is 1330. The van der Waals surface area contributed by atoms with Crippen LogP contribution in [-0.4, -0.2) is 26.7 Å². The highest BCUT2D eigenvalue weighted by Gasteiger charge is 2.17. The number of rotatable bonds is 11. The molecule has 4 rings (SSSR count). The van der Waals surface area contributed by atoms with E-state index in [1.165, 1.54) is 36.8 Å². The Kier molecular flexibility index (Phi) is 9.11. The molecule has 1 N–H and O–H groups in total. The van der Waals surface area contributed by atoms with Crippen molar-refractivity contribution in [3.05, 3.63) is 76.9 Å². The summed E-state index contributed by atoms with van der Waals surface area (Å²) in [6, 6.07) is 17.9. The fourth-order valence-electron chi connectivity index (χ4n) is 4.73. The summed E-state index contributed by atoms with van der Waals surface area (Å²) in [5.74, 6) is 2.35. The van der Waals surface area contributed by atoms with Crippen LogP contribution >= 0.6 is 0 Å². The van der Waals surface area contributed by atoms with Crippen molar-refractivity contribution in [3.8, 4) is 45.7 Å². The summed E-state index contributed by atoms with van der Waals surface area (Å²) in [6.45, 7) is 11.1. The van der Waals surface area contributed by atoms with Gasteiger partial charge in [-0.25, -0.2) is 15.0 Å². The molecule has 5 nitrogen and oxygen atoms in total. The van der Waals surface area contributed by atoms with Gasteiger partial charge in [0.05, 0.1) is 12.2 Å². The third-order valence-corrected chi connectivity index (χ3v) is 6.86. The average Bonchev–Trinajstić information content (AvgIpc) is 2.88. The first-order valence-corrected chi connectivity index (χ1v) is 13.7. The molecule has 3 aromatic carbocycles. The zero-order valence-corrected chi connectivity index (χ0v) is 23.3. The predicted molar refractivity (Wildman–Crippen MR) is 156 cm³/mol. The SMILES string of the molecule is CCCCCCCCOc1ccc(-c2nc(-c3ccc(C)cc3C)nc(-c3ccc(C)cc3C)n2)c(O)c1. The lowest BCUT2D eigenvalue weighted by molar-refractivity contribution is 0.303. The van der Waals surface area contributed by atoms with Gasteiger partial charge in [-0.2, -0.15) is 0 Å². The topological polar surface area (TPSA) is 68.1 Å². The molecule has 0 fully saturated rings. The molecule has 1 aromatic heterocycles. The lowest BCUT2D eigenvalue weighted by Crippen LogP contribution is -2.02. The van der Waals surface area contributed by atoms with E-state index < -0.39 is 0 Å². The maximum Gasteiger partial charge on any atom is 0.167 e. The van der Waals surface area contributed by atoms with Crippen LogP contribution in [0.3, 0.4) is 0 Å². The second-order valence-corrected chi connectivity index (χ2v) is 10.2. The molecule has 0 unspecified atom stereocenters. The van der Waals surface area contributed by atoms with Gasteiger partial charge in [0.1, 0.15) is 11.5 Å². The highest BCUT2D eigenvalue weighted by atomic mass is 16.5. The zero-order chi connectivity index (χ0) is 27.1. The van der Waals surface area contributed by atoms with Gasteiger partial charge in [-0.3, -0.25) is 0 Å². The van der Waals surface area contributed by atoms with E-state index in [0.717, 1.165) is 35.1 Å². The molecular formula is C33H39N3O2. The van der Waals surface area contributed by atoms with E-state index in [1.54, 1.807) is 6.07 Å². The number of phenolic OH excluding ortho intramolecular Hbond substituents is 1. The second kappa shape index (κ2) is 12.7. The Hall–Kier alpha value is -3.73. The first-order chi connectivity index (χ1) is 18.4. The number of hydrogen-bond acceptors (Lipinski definition) is 5. The van der Waals surface area contributed by atoms with E-state index in [2.05, 4.69) is 71.0 Å². The number of benzene rings is 3. The van der Waals surface area contributed by atoms with Gasteiger partial charge in [-0.05, 0) is 57.4 Å². The second-order valence-electron chi connectivity index (χ2n) is 10.2. The lowest BCUT2D eigenvalue weighted by atomic mass is 10.0. The fraction of sp³-hybridized carbons (Fsp3) is 0.364. The molecule has 0 atom stereocenters. The monoisotopic (exact) mass is 509 g/mol. The van der Waals surface area contributed by atoms with Gasteiger partial charge >= 0.3 is 0 Å². The number of nitrogens with zero attached hydrogens (tertiary/aromatic N) is 3. The van der Waals surface area contributed by atoms with Gasteiger partial charge in [-0.1, -0.05) is 86.6 Å². The normalized spacial score (nSPS) is 11.1. The minimum Gasteiger partial charge on any atom is -0.507 e. The van der Waals surface area contributed by atoms with Gasteiger partial charge in [0.15, 0.2) is 17.5 Å². The third kappa shape index (κ3) is 6.77. The van der Waals surface area contributed by atoms with Crippen molar-refractivity contribution in [3.63, 3.8) is 0 Å². The van der Waals surface area contributed by atoms with Crippen molar-refractivity contribution in [2.24, 2.45) is 0 Å². The Balaban J connectivity index is 1.65. The van der Waals surface area contributed by atoms with E-state index in [4.69, 9.17) is 19.7 Å². The van der Waals surface area contributed by atoms with Crippen LogP contribution in [0.1, 0.15) is 67.7 Å². The number of unbranched alkanes of at least 4 members (excludes halogenated alkanes) is 5. The van der Waals surface area contributed by atoms with E-state index in [0.29, 0.717) is 35.4 Å². The molecule has 5 heteroatoms. The van der Waals surface area contributed by atoms with Gasteiger partial charge in [0.2, 0.25) is 0 Å². The van der Waals surface area contributed by atoms with Crippen molar-refractivity contribution in [2.75, 3.05) is 6.61 Å². The molecule has 0 aliphatic heterocycles. The molecular weight excluding hydrogens is 470 g/mol. The molecule has 4 aromatic rings. The van der Waals surface area contributed by atoms with Crippen molar-refractivity contribution >= 4 is 0 Å². The van der Waals surface area contributed by atoms with Crippen LogP contribution in [-0.2, 0) is 0 Å². The Morgan fingerprint density at radius 3 is 1.63 bits per heavy atom. The van der Waals surface area contributed by atoms with Gasteiger partial charge in [0.25, 0.3) is 0 Å². The Morgan fingerprint density at radius 2 is 1.11 bits per heavy atom. The molecule has 0 radical (unpaired) electrons. The molecule has 0 bridgehead atoms. The molecule has 0 saturated heterocycles. The summed E-state index contributed by atoms with van der Waals surface area (Å²) < 4.78 is 5.91. The first-order valence-electron chi connectivity index (χ1n) is 13.7. The molecule has 38 heavy (non-hydrogen) atoms. The molecule has 0 aliphatic rings. The van der Waals surface area contributed by atoms with Crippen LogP contribution in [0.15, 0.2) is 54.6 Å². The largest absolute Gasteiger partial charge is 0.507 e.